The first-order valence-corrected chi connectivity index (χ1v) is 12.7. The number of fused-ring (bicyclic) bond motifs is 1. The zero-order valence-corrected chi connectivity index (χ0v) is 22.5. The van der Waals surface area contributed by atoms with Crippen LogP contribution in [0.25, 0.3) is 10.9 Å². The highest BCUT2D eigenvalue weighted by atomic mass is 16.7. The Morgan fingerprint density at radius 3 is 2.41 bits per heavy atom. The van der Waals surface area contributed by atoms with Gasteiger partial charge in [0.2, 0.25) is 5.91 Å². The summed E-state index contributed by atoms with van der Waals surface area (Å²) in [6.45, 7) is 10.7. The molecule has 1 amide bonds. The van der Waals surface area contributed by atoms with Gasteiger partial charge in [-0.2, -0.15) is 0 Å². The Morgan fingerprint density at radius 2 is 1.81 bits per heavy atom. The maximum Gasteiger partial charge on any atom is 0.497 e. The summed E-state index contributed by atoms with van der Waals surface area (Å²) in [5, 5.41) is 12.6. The van der Waals surface area contributed by atoms with Gasteiger partial charge in [0.25, 0.3) is 0 Å². The minimum absolute atomic E-state index is 0.0239. The molecule has 3 aromatic rings. The molecular weight excluding hydrogens is 469 g/mol. The van der Waals surface area contributed by atoms with Crippen LogP contribution in [0.4, 0.5) is 11.6 Å². The molecule has 2 aliphatic rings. The second-order valence-corrected chi connectivity index (χ2v) is 11.1. The Hall–Kier alpha value is -3.24. The van der Waals surface area contributed by atoms with Gasteiger partial charge in [-0.3, -0.25) is 4.79 Å². The van der Waals surface area contributed by atoms with Gasteiger partial charge in [0, 0.05) is 36.6 Å². The normalized spacial score (nSPS) is 21.6. The van der Waals surface area contributed by atoms with Crippen molar-refractivity contribution in [3.05, 3.63) is 42.1 Å². The molecule has 2 aromatic heterocycles. The molecule has 1 aliphatic carbocycles. The lowest BCUT2D eigenvalue weighted by Gasteiger charge is -2.32. The lowest BCUT2D eigenvalue weighted by molar-refractivity contribution is -0.117. The number of aromatic nitrogens is 3. The number of pyridine rings is 1. The van der Waals surface area contributed by atoms with Crippen molar-refractivity contribution in [1.29, 1.82) is 0 Å². The van der Waals surface area contributed by atoms with Crippen LogP contribution in [0.15, 0.2) is 36.5 Å². The average Bonchev–Trinajstić information content (AvgIpc) is 3.54. The van der Waals surface area contributed by atoms with Crippen molar-refractivity contribution >= 4 is 41.0 Å². The number of benzene rings is 1. The number of carbonyl (C=O) groups is 1. The van der Waals surface area contributed by atoms with E-state index in [0.717, 1.165) is 28.6 Å². The molecule has 0 unspecified atom stereocenters. The SMILES string of the molecule is COc1ccc(CN(C)c2ncc(B3OC(C)(C)C(C)(C)O3)c3cc(NC(=O)[C@H]4C[C@H]4C)nnc23)cc1. The van der Waals surface area contributed by atoms with E-state index in [1.165, 1.54) is 0 Å². The minimum atomic E-state index is -0.628. The monoisotopic (exact) mass is 503 g/mol. The van der Waals surface area contributed by atoms with E-state index in [0.29, 0.717) is 29.6 Å². The molecule has 0 radical (unpaired) electrons. The van der Waals surface area contributed by atoms with E-state index in [1.54, 1.807) is 13.3 Å². The Balaban J connectivity index is 1.52. The first kappa shape index (κ1) is 25.4. The molecule has 3 heterocycles. The van der Waals surface area contributed by atoms with E-state index in [1.807, 2.05) is 70.0 Å². The van der Waals surface area contributed by atoms with E-state index in [4.69, 9.17) is 19.0 Å². The standard InChI is InChI=1S/C27H34BN5O4/c1-16-12-19(16)25(34)30-22-13-20-21(28-36-26(2,3)27(4,5)37-28)14-29-24(23(20)32-31-22)33(6)15-17-8-10-18(35-7)11-9-17/h8-11,13-14,16,19H,12,15H2,1-7H3,(H,30,31,34)/t16-,19+/m1/s1. The van der Waals surface area contributed by atoms with Gasteiger partial charge in [-0.15, -0.1) is 10.2 Å². The predicted molar refractivity (Wildman–Crippen MR) is 144 cm³/mol. The van der Waals surface area contributed by atoms with Crippen molar-refractivity contribution in [2.75, 3.05) is 24.4 Å². The number of anilines is 2. The molecule has 5 rings (SSSR count). The summed E-state index contributed by atoms with van der Waals surface area (Å²) < 4.78 is 17.9. The van der Waals surface area contributed by atoms with Crippen LogP contribution in [-0.2, 0) is 20.6 Å². The molecule has 0 bridgehead atoms. The molecule has 10 heteroatoms. The van der Waals surface area contributed by atoms with Gasteiger partial charge in [-0.1, -0.05) is 19.1 Å². The average molecular weight is 503 g/mol. The van der Waals surface area contributed by atoms with Crippen LogP contribution >= 0.6 is 0 Å². The van der Waals surface area contributed by atoms with Gasteiger partial charge < -0.3 is 24.3 Å². The lowest BCUT2D eigenvalue weighted by atomic mass is 9.78. The lowest BCUT2D eigenvalue weighted by Crippen LogP contribution is -2.41. The van der Waals surface area contributed by atoms with Crippen LogP contribution in [0.1, 0.15) is 46.6 Å². The Labute approximate surface area is 218 Å². The smallest absolute Gasteiger partial charge is 0.497 e. The highest BCUT2D eigenvalue weighted by Crippen LogP contribution is 2.39. The highest BCUT2D eigenvalue weighted by molar-refractivity contribution is 6.65. The highest BCUT2D eigenvalue weighted by Gasteiger charge is 2.52. The van der Waals surface area contributed by atoms with Crippen LogP contribution in [0.3, 0.4) is 0 Å². The zero-order valence-electron chi connectivity index (χ0n) is 22.5. The number of methoxy groups -OCH3 is 1. The number of rotatable bonds is 7. The molecule has 1 aliphatic heterocycles. The molecule has 1 aromatic carbocycles. The van der Waals surface area contributed by atoms with Crippen molar-refractivity contribution in [1.82, 2.24) is 15.2 Å². The number of hydrogen-bond acceptors (Lipinski definition) is 8. The first-order valence-electron chi connectivity index (χ1n) is 12.7. The molecule has 1 saturated carbocycles. The quantitative estimate of drug-likeness (QED) is 0.489. The number of nitrogens with zero attached hydrogens (tertiary/aromatic N) is 4. The van der Waals surface area contributed by atoms with E-state index in [-0.39, 0.29) is 11.8 Å². The summed E-state index contributed by atoms with van der Waals surface area (Å²) in [5.41, 5.74) is 1.45. The minimum Gasteiger partial charge on any atom is -0.497 e. The summed E-state index contributed by atoms with van der Waals surface area (Å²) in [6.07, 6.45) is 2.68. The topological polar surface area (TPSA) is 98.7 Å². The predicted octanol–water partition coefficient (Wildman–Crippen LogP) is 3.56. The number of carbonyl (C=O) groups excluding carboxylic acids is 1. The molecule has 9 nitrogen and oxygen atoms in total. The molecule has 1 saturated heterocycles. The van der Waals surface area contributed by atoms with Crippen molar-refractivity contribution in [2.45, 2.75) is 58.8 Å². The van der Waals surface area contributed by atoms with Crippen LogP contribution < -0.4 is 20.4 Å². The van der Waals surface area contributed by atoms with Crippen LogP contribution in [0, 0.1) is 11.8 Å². The largest absolute Gasteiger partial charge is 0.497 e. The van der Waals surface area contributed by atoms with Gasteiger partial charge in [0.15, 0.2) is 11.6 Å². The fourth-order valence-corrected chi connectivity index (χ4v) is 4.52. The third-order valence-electron chi connectivity index (χ3n) is 7.79. The van der Waals surface area contributed by atoms with E-state index >= 15 is 0 Å². The number of ether oxygens (including phenoxy) is 1. The molecular formula is C27H34BN5O4. The van der Waals surface area contributed by atoms with Crippen molar-refractivity contribution < 1.29 is 18.8 Å². The Bertz CT molecular complexity index is 1310. The Morgan fingerprint density at radius 1 is 1.16 bits per heavy atom. The molecule has 2 atom stereocenters. The first-order chi connectivity index (χ1) is 17.5. The maximum atomic E-state index is 12.6. The summed E-state index contributed by atoms with van der Waals surface area (Å²) in [5.74, 6) is 2.29. The summed E-state index contributed by atoms with van der Waals surface area (Å²) in [6, 6.07) is 9.76. The van der Waals surface area contributed by atoms with Crippen LogP contribution in [0.2, 0.25) is 0 Å². The second kappa shape index (κ2) is 9.26. The molecule has 1 N–H and O–H groups in total. The third kappa shape index (κ3) is 4.87. The van der Waals surface area contributed by atoms with E-state index < -0.39 is 18.3 Å². The van der Waals surface area contributed by atoms with Crippen molar-refractivity contribution in [2.24, 2.45) is 11.8 Å². The molecule has 194 valence electrons. The second-order valence-electron chi connectivity index (χ2n) is 11.1. The van der Waals surface area contributed by atoms with Gasteiger partial charge in [0.05, 0.1) is 18.3 Å². The molecule has 2 fully saturated rings. The van der Waals surface area contributed by atoms with Crippen molar-refractivity contribution in [3.8, 4) is 5.75 Å². The fourth-order valence-electron chi connectivity index (χ4n) is 4.52. The number of amides is 1. The van der Waals surface area contributed by atoms with Gasteiger partial charge in [-0.05, 0) is 63.8 Å². The summed E-state index contributed by atoms with van der Waals surface area (Å²) in [7, 11) is 2.99. The number of hydrogen-bond donors (Lipinski definition) is 1. The van der Waals surface area contributed by atoms with E-state index in [2.05, 4.69) is 22.4 Å². The van der Waals surface area contributed by atoms with Crippen LogP contribution in [-0.4, -0.2) is 53.6 Å². The summed E-state index contributed by atoms with van der Waals surface area (Å²) in [4.78, 5) is 19.4. The number of nitrogens with one attached hydrogen (secondary N) is 1. The van der Waals surface area contributed by atoms with E-state index in [9.17, 15) is 4.79 Å². The van der Waals surface area contributed by atoms with Crippen molar-refractivity contribution in [3.63, 3.8) is 0 Å². The third-order valence-corrected chi connectivity index (χ3v) is 7.79. The van der Waals surface area contributed by atoms with Gasteiger partial charge >= 0.3 is 7.12 Å². The zero-order chi connectivity index (χ0) is 26.5. The molecule has 37 heavy (non-hydrogen) atoms. The fraction of sp³-hybridized carbons (Fsp3) is 0.481. The van der Waals surface area contributed by atoms with Crippen LogP contribution in [0.5, 0.6) is 5.75 Å². The van der Waals surface area contributed by atoms with Gasteiger partial charge in [-0.25, -0.2) is 4.98 Å². The summed E-state index contributed by atoms with van der Waals surface area (Å²) >= 11 is 0. The Kier molecular flexibility index (Phi) is 6.36. The maximum absolute atomic E-state index is 12.6. The van der Waals surface area contributed by atoms with Gasteiger partial charge in [0.1, 0.15) is 11.3 Å². The molecule has 0 spiro atoms.